The Hall–Kier alpha value is -1.90. The van der Waals surface area contributed by atoms with Crippen molar-refractivity contribution < 1.29 is 9.59 Å². The van der Waals surface area contributed by atoms with Crippen molar-refractivity contribution in [1.82, 2.24) is 9.88 Å². The van der Waals surface area contributed by atoms with Crippen LogP contribution in [0, 0.1) is 0 Å². The van der Waals surface area contributed by atoms with Crippen molar-refractivity contribution in [2.75, 3.05) is 29.5 Å². The molecule has 2 aliphatic rings. The number of likely N-dealkylation sites (tertiary alicyclic amines) is 1. The summed E-state index contributed by atoms with van der Waals surface area (Å²) in [5.74, 6) is 0.532. The van der Waals surface area contributed by atoms with E-state index in [0.29, 0.717) is 22.8 Å². The molecule has 0 saturated carbocycles. The lowest BCUT2D eigenvalue weighted by atomic mass is 10.1. The molecule has 0 bridgehead atoms. The Kier molecular flexibility index (Phi) is 5.75. The molecule has 0 spiro atoms. The Bertz CT molecular complexity index is 846. The first-order valence-corrected chi connectivity index (χ1v) is 11.1. The molecule has 3 heterocycles. The predicted octanol–water partition coefficient (Wildman–Crippen LogP) is 3.82. The minimum atomic E-state index is -0.208. The van der Waals surface area contributed by atoms with Gasteiger partial charge in [-0.3, -0.25) is 19.8 Å². The third-order valence-corrected chi connectivity index (χ3v) is 6.59. The van der Waals surface area contributed by atoms with Gasteiger partial charge in [-0.2, -0.15) is 0 Å². The van der Waals surface area contributed by atoms with E-state index in [9.17, 15) is 9.59 Å². The van der Waals surface area contributed by atoms with Crippen molar-refractivity contribution in [3.63, 3.8) is 0 Å². The zero-order chi connectivity index (χ0) is 18.6. The lowest BCUT2D eigenvalue weighted by Crippen LogP contribution is -2.29. The van der Waals surface area contributed by atoms with Gasteiger partial charge < -0.3 is 5.32 Å². The van der Waals surface area contributed by atoms with Crippen molar-refractivity contribution in [1.29, 1.82) is 0 Å². The van der Waals surface area contributed by atoms with Crippen molar-refractivity contribution >= 4 is 45.7 Å². The van der Waals surface area contributed by atoms with E-state index in [2.05, 4.69) is 20.5 Å². The normalized spacial score (nSPS) is 17.7. The summed E-state index contributed by atoms with van der Waals surface area (Å²) < 4.78 is 0. The molecule has 0 unspecified atom stereocenters. The van der Waals surface area contributed by atoms with Crippen LogP contribution in [0.3, 0.4) is 0 Å². The summed E-state index contributed by atoms with van der Waals surface area (Å²) in [6, 6.07) is 5.42. The minimum absolute atomic E-state index is 0.0129. The second-order valence-electron chi connectivity index (χ2n) is 6.79. The second-order valence-corrected chi connectivity index (χ2v) is 8.79. The number of hydrogen-bond acceptors (Lipinski definition) is 6. The molecule has 8 heteroatoms. The first kappa shape index (κ1) is 18.5. The highest BCUT2D eigenvalue weighted by Crippen LogP contribution is 2.31. The van der Waals surface area contributed by atoms with Gasteiger partial charge in [-0.15, -0.1) is 23.1 Å². The van der Waals surface area contributed by atoms with Crippen molar-refractivity contribution in [2.24, 2.45) is 0 Å². The molecule has 6 nitrogen and oxygen atoms in total. The van der Waals surface area contributed by atoms with E-state index in [1.807, 2.05) is 11.4 Å². The number of fused-ring (bicyclic) bond motifs is 1. The molecule has 0 atom stereocenters. The van der Waals surface area contributed by atoms with Gasteiger partial charge in [-0.25, -0.2) is 4.98 Å². The first-order valence-electron chi connectivity index (χ1n) is 9.22. The van der Waals surface area contributed by atoms with Gasteiger partial charge in [0.15, 0.2) is 5.13 Å². The molecule has 2 N–H and O–H groups in total. The van der Waals surface area contributed by atoms with Crippen LogP contribution in [0.25, 0.3) is 0 Å². The van der Waals surface area contributed by atoms with E-state index in [1.54, 1.807) is 23.9 Å². The third-order valence-electron chi connectivity index (χ3n) is 4.71. The number of amides is 2. The summed E-state index contributed by atoms with van der Waals surface area (Å²) in [6.45, 7) is 3.09. The molecule has 1 fully saturated rings. The van der Waals surface area contributed by atoms with Gasteiger partial charge in [0.25, 0.3) is 5.91 Å². The summed E-state index contributed by atoms with van der Waals surface area (Å²) in [5.41, 5.74) is 2.23. The van der Waals surface area contributed by atoms with Gasteiger partial charge >= 0.3 is 0 Å². The van der Waals surface area contributed by atoms with Gasteiger partial charge in [0.1, 0.15) is 0 Å². The zero-order valence-corrected chi connectivity index (χ0v) is 16.6. The SMILES string of the molecule is O=C1CCSc2ccc(C(=O)Nc3nc(CN4CCCCC4)cs3)cc2N1. The fourth-order valence-corrected chi connectivity index (χ4v) is 4.95. The topological polar surface area (TPSA) is 74.3 Å². The lowest BCUT2D eigenvalue weighted by Gasteiger charge is -2.25. The molecule has 27 heavy (non-hydrogen) atoms. The second kappa shape index (κ2) is 8.41. The number of rotatable bonds is 4. The van der Waals surface area contributed by atoms with Crippen molar-refractivity contribution in [3.05, 3.63) is 34.8 Å². The van der Waals surface area contributed by atoms with E-state index < -0.39 is 0 Å². The lowest BCUT2D eigenvalue weighted by molar-refractivity contribution is -0.115. The van der Waals surface area contributed by atoms with Gasteiger partial charge in [0, 0.05) is 34.6 Å². The van der Waals surface area contributed by atoms with Crippen LogP contribution in [-0.2, 0) is 11.3 Å². The average Bonchev–Trinajstić information content (AvgIpc) is 3.01. The van der Waals surface area contributed by atoms with E-state index in [1.165, 1.54) is 30.6 Å². The molecule has 1 saturated heterocycles. The largest absolute Gasteiger partial charge is 0.325 e. The Morgan fingerprint density at radius 3 is 2.96 bits per heavy atom. The fourth-order valence-electron chi connectivity index (χ4n) is 3.31. The van der Waals surface area contributed by atoms with E-state index in [4.69, 9.17) is 0 Å². The number of carbonyl (C=O) groups excluding carboxylic acids is 2. The summed E-state index contributed by atoms with van der Waals surface area (Å²) in [7, 11) is 0. The highest BCUT2D eigenvalue weighted by Gasteiger charge is 2.17. The number of aromatic nitrogens is 1. The van der Waals surface area contributed by atoms with Crippen LogP contribution in [0.1, 0.15) is 41.7 Å². The number of nitrogens with one attached hydrogen (secondary N) is 2. The Morgan fingerprint density at radius 2 is 2.11 bits per heavy atom. The maximum absolute atomic E-state index is 12.6. The summed E-state index contributed by atoms with van der Waals surface area (Å²) >= 11 is 3.08. The van der Waals surface area contributed by atoms with Crippen LogP contribution in [0.15, 0.2) is 28.5 Å². The number of nitrogens with zero attached hydrogens (tertiary/aromatic N) is 2. The quantitative estimate of drug-likeness (QED) is 0.813. The molecule has 4 rings (SSSR count). The third kappa shape index (κ3) is 4.69. The average molecular weight is 403 g/mol. The molecule has 0 aliphatic carbocycles. The van der Waals surface area contributed by atoms with Gasteiger partial charge in [-0.05, 0) is 44.1 Å². The maximum Gasteiger partial charge on any atom is 0.257 e. The number of piperidine rings is 1. The number of thioether (sulfide) groups is 1. The number of benzene rings is 1. The molecule has 142 valence electrons. The van der Waals surface area contributed by atoms with Crippen molar-refractivity contribution in [3.8, 4) is 0 Å². The van der Waals surface area contributed by atoms with Crippen LogP contribution in [0.4, 0.5) is 10.8 Å². The number of thiazole rings is 1. The highest BCUT2D eigenvalue weighted by molar-refractivity contribution is 7.99. The summed E-state index contributed by atoms with van der Waals surface area (Å²) in [4.78, 5) is 32.3. The number of carbonyl (C=O) groups is 2. The van der Waals surface area contributed by atoms with Gasteiger partial charge in [0.05, 0.1) is 11.4 Å². The summed E-state index contributed by atoms with van der Waals surface area (Å²) in [6.07, 6.45) is 4.30. The van der Waals surface area contributed by atoms with Crippen molar-refractivity contribution in [2.45, 2.75) is 37.1 Å². The zero-order valence-electron chi connectivity index (χ0n) is 15.0. The Balaban J connectivity index is 1.41. The molecule has 1 aromatic carbocycles. The van der Waals surface area contributed by atoms with Crippen LogP contribution in [0.5, 0.6) is 0 Å². The molecular weight excluding hydrogens is 380 g/mol. The molecule has 2 amide bonds. The van der Waals surface area contributed by atoms with Crippen LogP contribution >= 0.6 is 23.1 Å². The minimum Gasteiger partial charge on any atom is -0.325 e. The fraction of sp³-hybridized carbons (Fsp3) is 0.421. The first-order chi connectivity index (χ1) is 13.2. The molecule has 1 aromatic heterocycles. The highest BCUT2D eigenvalue weighted by atomic mass is 32.2. The maximum atomic E-state index is 12.6. The van der Waals surface area contributed by atoms with Crippen LogP contribution in [0.2, 0.25) is 0 Å². The van der Waals surface area contributed by atoms with Crippen LogP contribution in [-0.4, -0.2) is 40.5 Å². The van der Waals surface area contributed by atoms with E-state index in [-0.39, 0.29) is 11.8 Å². The Labute approximate surface area is 166 Å². The standard InChI is InChI=1S/C19H22N4O2S2/c24-17-6-9-26-16-5-4-13(10-15(16)21-17)18(25)22-19-20-14(12-27-19)11-23-7-2-1-3-8-23/h4-5,10,12H,1-3,6-9,11H2,(H,21,24)(H,20,22,25). The molecule has 0 radical (unpaired) electrons. The van der Waals surface area contributed by atoms with E-state index in [0.717, 1.165) is 36.0 Å². The summed E-state index contributed by atoms with van der Waals surface area (Å²) in [5, 5.41) is 8.38. The Morgan fingerprint density at radius 1 is 1.26 bits per heavy atom. The molecular formula is C19H22N4O2S2. The smallest absolute Gasteiger partial charge is 0.257 e. The monoisotopic (exact) mass is 402 g/mol. The number of anilines is 2. The molecule has 2 aromatic rings. The predicted molar refractivity (Wildman–Crippen MR) is 110 cm³/mol. The van der Waals surface area contributed by atoms with Gasteiger partial charge in [0.2, 0.25) is 5.91 Å². The van der Waals surface area contributed by atoms with E-state index >= 15 is 0 Å². The molecule has 2 aliphatic heterocycles. The van der Waals surface area contributed by atoms with Gasteiger partial charge in [-0.1, -0.05) is 6.42 Å². The number of hydrogen-bond donors (Lipinski definition) is 2. The van der Waals surface area contributed by atoms with Crippen LogP contribution < -0.4 is 10.6 Å².